The van der Waals surface area contributed by atoms with Crippen molar-refractivity contribution < 1.29 is 27.2 Å². The van der Waals surface area contributed by atoms with Crippen molar-refractivity contribution in [2.45, 2.75) is 4.90 Å². The summed E-state index contributed by atoms with van der Waals surface area (Å²) in [5.41, 5.74) is 0.0416. The zero-order valence-corrected chi connectivity index (χ0v) is 13.2. The van der Waals surface area contributed by atoms with Crippen LogP contribution >= 0.6 is 0 Å². The lowest BCUT2D eigenvalue weighted by atomic mass is 10.2. The Bertz CT molecular complexity index is 805. The molecule has 2 aromatic carbocycles. The Labute approximate surface area is 133 Å². The number of benzene rings is 2. The average Bonchev–Trinajstić information content (AvgIpc) is 2.56. The van der Waals surface area contributed by atoms with Gasteiger partial charge in [-0.2, -0.15) is 0 Å². The second kappa shape index (κ2) is 6.86. The van der Waals surface area contributed by atoms with Crippen LogP contribution in [0.3, 0.4) is 0 Å². The fraction of sp³-hybridized carbons (Fsp3) is 0.133. The summed E-state index contributed by atoms with van der Waals surface area (Å²) >= 11 is 0. The molecular formula is C15H14FNO5S. The Morgan fingerprint density at radius 1 is 1.13 bits per heavy atom. The van der Waals surface area contributed by atoms with Crippen LogP contribution in [0.1, 0.15) is 10.4 Å². The predicted octanol–water partition coefficient (Wildman–Crippen LogP) is 2.23. The highest BCUT2D eigenvalue weighted by molar-refractivity contribution is 7.89. The van der Waals surface area contributed by atoms with E-state index in [0.717, 1.165) is 12.1 Å². The highest BCUT2D eigenvalue weighted by atomic mass is 32.2. The molecule has 23 heavy (non-hydrogen) atoms. The minimum Gasteiger partial charge on any atom is -0.423 e. The normalized spacial score (nSPS) is 11.5. The molecule has 0 aliphatic rings. The smallest absolute Gasteiger partial charge is 0.343 e. The van der Waals surface area contributed by atoms with Crippen LogP contribution in [0.15, 0.2) is 53.4 Å². The Hall–Kier alpha value is -2.29. The van der Waals surface area contributed by atoms with E-state index in [-0.39, 0.29) is 16.2 Å². The van der Waals surface area contributed by atoms with Crippen LogP contribution < -0.4 is 4.74 Å². The molecule has 122 valence electrons. The van der Waals surface area contributed by atoms with E-state index in [2.05, 4.69) is 4.84 Å². The molecule has 0 aliphatic heterocycles. The van der Waals surface area contributed by atoms with E-state index in [1.165, 1.54) is 50.6 Å². The van der Waals surface area contributed by atoms with E-state index >= 15 is 0 Å². The molecule has 0 aromatic heterocycles. The largest absolute Gasteiger partial charge is 0.423 e. The number of hydrogen-bond donors (Lipinski definition) is 0. The van der Waals surface area contributed by atoms with Crippen LogP contribution in [0.4, 0.5) is 4.39 Å². The molecule has 8 heteroatoms. The molecule has 0 amide bonds. The van der Waals surface area contributed by atoms with Crippen molar-refractivity contribution in [2.75, 3.05) is 14.2 Å². The van der Waals surface area contributed by atoms with Gasteiger partial charge in [-0.1, -0.05) is 10.5 Å². The average molecular weight is 339 g/mol. The summed E-state index contributed by atoms with van der Waals surface area (Å²) in [6, 6.07) is 10.2. The van der Waals surface area contributed by atoms with Crippen LogP contribution in [0.25, 0.3) is 0 Å². The number of carbonyl (C=O) groups excluding carboxylic acids is 1. The van der Waals surface area contributed by atoms with Crippen LogP contribution in [-0.4, -0.2) is 33.0 Å². The SMILES string of the molecule is CON(C)S(=O)(=O)c1cccc(C(=O)Oc2ccc(F)cc2)c1. The van der Waals surface area contributed by atoms with Gasteiger partial charge in [0.2, 0.25) is 0 Å². The summed E-state index contributed by atoms with van der Waals surface area (Å²) in [6.45, 7) is 0. The van der Waals surface area contributed by atoms with Crippen LogP contribution in [0.2, 0.25) is 0 Å². The molecule has 0 bridgehead atoms. The molecule has 0 saturated carbocycles. The zero-order chi connectivity index (χ0) is 17.0. The first-order chi connectivity index (χ1) is 10.8. The molecule has 0 aliphatic carbocycles. The Morgan fingerprint density at radius 2 is 1.78 bits per heavy atom. The Kier molecular flexibility index (Phi) is 5.09. The fourth-order valence-electron chi connectivity index (χ4n) is 1.70. The van der Waals surface area contributed by atoms with Gasteiger partial charge in [0.05, 0.1) is 17.6 Å². The minimum atomic E-state index is -3.87. The number of nitrogens with zero attached hydrogens (tertiary/aromatic N) is 1. The standard InChI is InChI=1S/C15H14FNO5S/c1-17(21-2)23(19,20)14-5-3-4-11(10-14)15(18)22-13-8-6-12(16)7-9-13/h3-10H,1-2H3. The van der Waals surface area contributed by atoms with Crippen LogP contribution in [0.5, 0.6) is 5.75 Å². The number of ether oxygens (including phenoxy) is 1. The molecule has 2 rings (SSSR count). The molecule has 2 aromatic rings. The van der Waals surface area contributed by atoms with E-state index in [9.17, 15) is 17.6 Å². The second-order valence-electron chi connectivity index (χ2n) is 4.47. The number of halogens is 1. The summed E-state index contributed by atoms with van der Waals surface area (Å²) in [5.74, 6) is -1.06. The highest BCUT2D eigenvalue weighted by Gasteiger charge is 2.22. The van der Waals surface area contributed by atoms with Crippen molar-refractivity contribution in [1.82, 2.24) is 4.47 Å². The summed E-state index contributed by atoms with van der Waals surface area (Å²) in [7, 11) is -1.42. The van der Waals surface area contributed by atoms with E-state index < -0.39 is 21.8 Å². The maximum Gasteiger partial charge on any atom is 0.343 e. The van der Waals surface area contributed by atoms with Crippen LogP contribution in [0, 0.1) is 5.82 Å². The van der Waals surface area contributed by atoms with E-state index in [4.69, 9.17) is 4.74 Å². The van der Waals surface area contributed by atoms with Gasteiger partial charge in [-0.05, 0) is 42.5 Å². The Balaban J connectivity index is 2.25. The lowest BCUT2D eigenvalue weighted by Gasteiger charge is -2.14. The molecule has 0 saturated heterocycles. The molecule has 6 nitrogen and oxygen atoms in total. The monoisotopic (exact) mass is 339 g/mol. The third kappa shape index (κ3) is 3.92. The van der Waals surface area contributed by atoms with E-state index in [1.54, 1.807) is 0 Å². The lowest BCUT2D eigenvalue weighted by Crippen LogP contribution is -2.26. The molecule has 0 heterocycles. The fourth-order valence-corrected chi connectivity index (χ4v) is 2.72. The predicted molar refractivity (Wildman–Crippen MR) is 79.8 cm³/mol. The van der Waals surface area contributed by atoms with Gasteiger partial charge in [0.1, 0.15) is 11.6 Å². The molecule has 0 atom stereocenters. The van der Waals surface area contributed by atoms with Crippen molar-refractivity contribution >= 4 is 16.0 Å². The lowest BCUT2D eigenvalue weighted by molar-refractivity contribution is -0.0258. The first kappa shape index (κ1) is 17.1. The van der Waals surface area contributed by atoms with Gasteiger partial charge in [-0.25, -0.2) is 17.6 Å². The van der Waals surface area contributed by atoms with Gasteiger partial charge >= 0.3 is 5.97 Å². The van der Waals surface area contributed by atoms with Gasteiger partial charge in [-0.15, -0.1) is 0 Å². The summed E-state index contributed by atoms with van der Waals surface area (Å²) in [4.78, 5) is 16.6. The second-order valence-corrected chi connectivity index (χ2v) is 6.40. The van der Waals surface area contributed by atoms with Gasteiger partial charge in [0.25, 0.3) is 10.0 Å². The molecule has 0 unspecified atom stereocenters. The number of rotatable bonds is 5. The molecule has 0 N–H and O–H groups in total. The van der Waals surface area contributed by atoms with Crippen molar-refractivity contribution in [1.29, 1.82) is 0 Å². The van der Waals surface area contributed by atoms with E-state index in [0.29, 0.717) is 4.47 Å². The molecular weight excluding hydrogens is 325 g/mol. The number of carbonyl (C=O) groups is 1. The summed E-state index contributed by atoms with van der Waals surface area (Å²) in [6.07, 6.45) is 0. The molecule has 0 fully saturated rings. The van der Waals surface area contributed by atoms with Crippen molar-refractivity contribution in [2.24, 2.45) is 0 Å². The van der Waals surface area contributed by atoms with Gasteiger partial charge in [0, 0.05) is 7.05 Å². The first-order valence-electron chi connectivity index (χ1n) is 6.45. The number of hydroxylamine groups is 1. The van der Waals surface area contributed by atoms with Crippen molar-refractivity contribution in [3.8, 4) is 5.75 Å². The maximum atomic E-state index is 12.8. The summed E-state index contributed by atoms with van der Waals surface area (Å²) in [5, 5.41) is 0. The third-order valence-corrected chi connectivity index (χ3v) is 4.66. The van der Waals surface area contributed by atoms with Crippen molar-refractivity contribution in [3.05, 3.63) is 59.9 Å². The quantitative estimate of drug-likeness (QED) is 0.474. The van der Waals surface area contributed by atoms with Gasteiger partial charge in [0.15, 0.2) is 0 Å². The number of esters is 1. The zero-order valence-electron chi connectivity index (χ0n) is 12.4. The van der Waals surface area contributed by atoms with Gasteiger partial charge < -0.3 is 4.74 Å². The van der Waals surface area contributed by atoms with Crippen LogP contribution in [-0.2, 0) is 14.9 Å². The molecule has 0 spiro atoms. The number of sulfonamides is 1. The summed E-state index contributed by atoms with van der Waals surface area (Å²) < 4.78 is 42.8. The molecule has 0 radical (unpaired) electrons. The first-order valence-corrected chi connectivity index (χ1v) is 7.89. The van der Waals surface area contributed by atoms with Gasteiger partial charge in [-0.3, -0.25) is 4.84 Å². The third-order valence-electron chi connectivity index (χ3n) is 2.99. The topological polar surface area (TPSA) is 72.9 Å². The Morgan fingerprint density at radius 3 is 2.39 bits per heavy atom. The highest BCUT2D eigenvalue weighted by Crippen LogP contribution is 2.18. The minimum absolute atomic E-state index is 0.0416. The van der Waals surface area contributed by atoms with E-state index in [1.807, 2.05) is 0 Å². The maximum absolute atomic E-state index is 12.8. The van der Waals surface area contributed by atoms with Crippen molar-refractivity contribution in [3.63, 3.8) is 0 Å². The number of hydrogen-bond acceptors (Lipinski definition) is 5.